The monoisotopic (exact) mass is 262 g/mol. The van der Waals surface area contributed by atoms with Crippen LogP contribution in [-0.2, 0) is 0 Å². The minimum atomic E-state index is -0.451. The molecule has 1 aromatic carbocycles. The molecule has 0 bridgehead atoms. The number of hydrogen-bond donors (Lipinski definition) is 3. The second-order valence-electron chi connectivity index (χ2n) is 4.06. The molecule has 6 heteroatoms. The van der Waals surface area contributed by atoms with E-state index in [-0.39, 0.29) is 11.5 Å². The topological polar surface area (TPSA) is 107 Å². The molecule has 0 spiro atoms. The van der Waals surface area contributed by atoms with Gasteiger partial charge >= 0.3 is 0 Å². The highest BCUT2D eigenvalue weighted by molar-refractivity contribution is 5.68. The van der Waals surface area contributed by atoms with Gasteiger partial charge in [0.1, 0.15) is 17.3 Å². The minimum absolute atomic E-state index is 0.0176. The first-order chi connectivity index (χ1) is 9.13. The van der Waals surface area contributed by atoms with Crippen molar-refractivity contribution in [2.45, 2.75) is 13.3 Å². The van der Waals surface area contributed by atoms with Gasteiger partial charge in [-0.3, -0.25) is 4.79 Å². The molecular weight excluding hydrogens is 246 g/mol. The van der Waals surface area contributed by atoms with Gasteiger partial charge in [0.25, 0.3) is 5.56 Å². The Balaban J connectivity index is 2.50. The molecule has 1 aromatic heterocycles. The highest BCUT2D eigenvalue weighted by Gasteiger charge is 2.11. The number of anilines is 2. The van der Waals surface area contributed by atoms with Gasteiger partial charge in [-0.25, -0.2) is 4.98 Å². The van der Waals surface area contributed by atoms with Crippen LogP contribution < -0.4 is 21.8 Å². The fourth-order valence-electron chi connectivity index (χ4n) is 1.63. The summed E-state index contributed by atoms with van der Waals surface area (Å²) < 4.78 is 5.62. The number of nitrogens with zero attached hydrogens (tertiary/aromatic N) is 1. The number of nitrogens with two attached hydrogens (primary N) is 2. The number of aromatic amines is 1. The van der Waals surface area contributed by atoms with Gasteiger partial charge in [-0.2, -0.15) is 0 Å². The molecule has 6 nitrogen and oxygen atoms in total. The summed E-state index contributed by atoms with van der Waals surface area (Å²) in [6, 6.07) is 7.31. The van der Waals surface area contributed by atoms with Crippen molar-refractivity contribution in [3.05, 3.63) is 34.6 Å². The molecule has 0 unspecified atom stereocenters. The number of hydrogen-bond acceptors (Lipinski definition) is 5. The summed E-state index contributed by atoms with van der Waals surface area (Å²) in [5.41, 5.74) is 11.3. The lowest BCUT2D eigenvalue weighted by atomic mass is 10.3. The molecule has 5 N–H and O–H groups in total. The molecular formula is C13H16N4O2. The third kappa shape index (κ3) is 2.67. The number of aromatic nitrogens is 2. The van der Waals surface area contributed by atoms with E-state index in [1.54, 1.807) is 6.07 Å². The van der Waals surface area contributed by atoms with E-state index in [1.165, 1.54) is 0 Å². The largest absolute Gasteiger partial charge is 0.493 e. The summed E-state index contributed by atoms with van der Waals surface area (Å²) in [5, 5.41) is 0. The quantitative estimate of drug-likeness (QED) is 0.771. The van der Waals surface area contributed by atoms with E-state index in [0.717, 1.165) is 6.42 Å². The van der Waals surface area contributed by atoms with Crippen LogP contribution in [0.15, 0.2) is 29.1 Å². The lowest BCUT2D eigenvalue weighted by Gasteiger charge is -2.10. The molecule has 2 aromatic rings. The normalized spacial score (nSPS) is 10.4. The zero-order chi connectivity index (χ0) is 13.8. The predicted octanol–water partition coefficient (Wildman–Crippen LogP) is 1.39. The van der Waals surface area contributed by atoms with Crippen LogP contribution in [0, 0.1) is 0 Å². The Labute approximate surface area is 110 Å². The fraction of sp³-hybridized carbons (Fsp3) is 0.231. The van der Waals surface area contributed by atoms with Crippen molar-refractivity contribution >= 4 is 11.5 Å². The van der Waals surface area contributed by atoms with Crippen molar-refractivity contribution < 1.29 is 4.74 Å². The van der Waals surface area contributed by atoms with E-state index in [1.807, 2.05) is 25.1 Å². The lowest BCUT2D eigenvalue weighted by Crippen LogP contribution is -2.17. The molecule has 0 saturated carbocycles. The van der Waals surface area contributed by atoms with Gasteiger partial charge in [0, 0.05) is 0 Å². The number of rotatable bonds is 4. The third-order valence-electron chi connectivity index (χ3n) is 2.59. The maximum atomic E-state index is 11.6. The maximum Gasteiger partial charge on any atom is 0.276 e. The molecule has 0 aliphatic rings. The molecule has 1 heterocycles. The van der Waals surface area contributed by atoms with Gasteiger partial charge < -0.3 is 21.2 Å². The van der Waals surface area contributed by atoms with E-state index >= 15 is 0 Å². The van der Waals surface area contributed by atoms with Crippen LogP contribution in [0.5, 0.6) is 5.75 Å². The van der Waals surface area contributed by atoms with E-state index < -0.39 is 5.56 Å². The predicted molar refractivity (Wildman–Crippen MR) is 74.9 cm³/mol. The number of ether oxygens (including phenoxy) is 1. The van der Waals surface area contributed by atoms with Crippen LogP contribution in [0.25, 0.3) is 11.4 Å². The molecule has 0 aliphatic heterocycles. The highest BCUT2D eigenvalue weighted by Crippen LogP contribution is 2.27. The first-order valence-corrected chi connectivity index (χ1v) is 6.01. The van der Waals surface area contributed by atoms with Crippen molar-refractivity contribution in [1.29, 1.82) is 0 Å². The van der Waals surface area contributed by atoms with Gasteiger partial charge in [-0.15, -0.1) is 0 Å². The van der Waals surface area contributed by atoms with Gasteiger partial charge in [0.15, 0.2) is 5.82 Å². The summed E-state index contributed by atoms with van der Waals surface area (Å²) in [7, 11) is 0. The maximum absolute atomic E-state index is 11.6. The average molecular weight is 262 g/mol. The molecule has 0 fully saturated rings. The van der Waals surface area contributed by atoms with Crippen LogP contribution in [0.3, 0.4) is 0 Å². The molecule has 0 amide bonds. The summed E-state index contributed by atoms with van der Waals surface area (Å²) in [6.07, 6.45) is 0.891. The van der Waals surface area contributed by atoms with Crippen molar-refractivity contribution in [3.63, 3.8) is 0 Å². The van der Waals surface area contributed by atoms with Crippen LogP contribution in [0.1, 0.15) is 13.3 Å². The van der Waals surface area contributed by atoms with Crippen molar-refractivity contribution in [2.24, 2.45) is 0 Å². The van der Waals surface area contributed by atoms with E-state index in [9.17, 15) is 4.79 Å². The molecule has 19 heavy (non-hydrogen) atoms. The van der Waals surface area contributed by atoms with Gasteiger partial charge in [0.05, 0.1) is 12.2 Å². The van der Waals surface area contributed by atoms with Crippen molar-refractivity contribution in [1.82, 2.24) is 9.97 Å². The third-order valence-corrected chi connectivity index (χ3v) is 2.59. The molecule has 0 aliphatic carbocycles. The Morgan fingerprint density at radius 2 is 2.11 bits per heavy atom. The van der Waals surface area contributed by atoms with Crippen molar-refractivity contribution in [2.75, 3.05) is 18.1 Å². The number of nitrogen functional groups attached to an aromatic ring is 2. The van der Waals surface area contributed by atoms with E-state index in [4.69, 9.17) is 16.2 Å². The van der Waals surface area contributed by atoms with Crippen LogP contribution >= 0.6 is 0 Å². The molecule has 0 radical (unpaired) electrons. The summed E-state index contributed by atoms with van der Waals surface area (Å²) in [6.45, 7) is 2.61. The second-order valence-corrected chi connectivity index (χ2v) is 4.06. The Hall–Kier alpha value is -2.50. The summed E-state index contributed by atoms with van der Waals surface area (Å²) in [4.78, 5) is 18.3. The zero-order valence-corrected chi connectivity index (χ0v) is 10.6. The zero-order valence-electron chi connectivity index (χ0n) is 10.6. The first-order valence-electron chi connectivity index (χ1n) is 6.01. The Kier molecular flexibility index (Phi) is 3.70. The summed E-state index contributed by atoms with van der Waals surface area (Å²) >= 11 is 0. The fourth-order valence-corrected chi connectivity index (χ4v) is 1.63. The van der Waals surface area contributed by atoms with Crippen LogP contribution in [0.2, 0.25) is 0 Å². The number of benzene rings is 1. The number of para-hydroxylation sites is 1. The van der Waals surface area contributed by atoms with Crippen LogP contribution in [-0.4, -0.2) is 16.6 Å². The molecule has 2 rings (SSSR count). The SMILES string of the molecule is CCCOc1ccccc1-[14c]1nc(N)c(N)c(=O)[nH]1. The number of nitrogens with one attached hydrogen (secondary N) is 1. The van der Waals surface area contributed by atoms with Gasteiger partial charge in [0.2, 0.25) is 0 Å². The van der Waals surface area contributed by atoms with Crippen LogP contribution in [0.4, 0.5) is 11.5 Å². The second kappa shape index (κ2) is 5.43. The van der Waals surface area contributed by atoms with E-state index in [0.29, 0.717) is 23.7 Å². The Bertz CT molecular complexity index is 637. The van der Waals surface area contributed by atoms with E-state index in [2.05, 4.69) is 9.97 Å². The van der Waals surface area contributed by atoms with Gasteiger partial charge in [-0.05, 0) is 18.6 Å². The average Bonchev–Trinajstić information content (AvgIpc) is 2.42. The summed E-state index contributed by atoms with van der Waals surface area (Å²) in [5.74, 6) is 1.02. The molecule has 0 atom stereocenters. The molecule has 0 saturated heterocycles. The van der Waals surface area contributed by atoms with Crippen molar-refractivity contribution in [3.8, 4) is 17.1 Å². The number of H-pyrrole nitrogens is 1. The minimum Gasteiger partial charge on any atom is -0.493 e. The lowest BCUT2D eigenvalue weighted by molar-refractivity contribution is 0.318. The highest BCUT2D eigenvalue weighted by atomic mass is 16.5. The molecule has 100 valence electrons. The first kappa shape index (κ1) is 12.9. The standard InChI is InChI=1S/C13H16N4O2/c1-2-7-19-9-6-4-3-5-8(9)12-16-11(15)10(14)13(18)17-12/h3-6H,2,7,14H2,1H3,(H3,15,16,17,18)/i12+2. The van der Waals surface area contributed by atoms with Gasteiger partial charge in [-0.1, -0.05) is 19.1 Å². The Morgan fingerprint density at radius 1 is 1.37 bits per heavy atom. The smallest absolute Gasteiger partial charge is 0.276 e. The Morgan fingerprint density at radius 3 is 2.79 bits per heavy atom.